The van der Waals surface area contributed by atoms with Gasteiger partial charge in [0, 0.05) is 24.9 Å². The van der Waals surface area contributed by atoms with Gasteiger partial charge in [0.2, 0.25) is 5.91 Å². The van der Waals surface area contributed by atoms with Gasteiger partial charge >= 0.3 is 6.18 Å². The second kappa shape index (κ2) is 8.61. The highest BCUT2D eigenvalue weighted by Gasteiger charge is 2.47. The summed E-state index contributed by atoms with van der Waals surface area (Å²) in [5.41, 5.74) is 0.692. The van der Waals surface area contributed by atoms with Crippen LogP contribution in [0.1, 0.15) is 33.6 Å². The molecule has 3 rings (SSSR count). The lowest BCUT2D eigenvalue weighted by molar-refractivity contribution is -0.137. The number of aryl methyl sites for hydroxylation is 1. The van der Waals surface area contributed by atoms with Crippen LogP contribution in [0.15, 0.2) is 36.5 Å². The molecule has 1 aromatic carbocycles. The first-order valence-corrected chi connectivity index (χ1v) is 9.57. The molecule has 1 saturated heterocycles. The zero-order valence-electron chi connectivity index (χ0n) is 16.9. The van der Waals surface area contributed by atoms with Crippen LogP contribution >= 0.6 is 0 Å². The van der Waals surface area contributed by atoms with E-state index in [4.69, 9.17) is 5.26 Å². The van der Waals surface area contributed by atoms with Gasteiger partial charge in [-0.1, -0.05) is 12.1 Å². The molecule has 0 unspecified atom stereocenters. The number of alkyl halides is 5. The van der Waals surface area contributed by atoms with E-state index >= 15 is 0 Å². The molecule has 1 aromatic heterocycles. The molecule has 2 heterocycles. The summed E-state index contributed by atoms with van der Waals surface area (Å²) in [5.74, 6) is -4.55. The molecule has 1 aliphatic heterocycles. The first kappa shape index (κ1) is 23.2. The van der Waals surface area contributed by atoms with E-state index in [1.54, 1.807) is 17.6 Å². The van der Waals surface area contributed by atoms with Crippen LogP contribution < -0.4 is 5.32 Å². The predicted molar refractivity (Wildman–Crippen MR) is 103 cm³/mol. The summed E-state index contributed by atoms with van der Waals surface area (Å²) in [6.45, 7) is 0.511. The summed E-state index contributed by atoms with van der Waals surface area (Å²) in [6.07, 6.45) is -3.69. The molecule has 2 amide bonds. The molecule has 0 aliphatic carbocycles. The molecule has 0 spiro atoms. The monoisotopic (exact) mass is 454 g/mol. The second-order valence-electron chi connectivity index (χ2n) is 7.60. The minimum Gasteiger partial charge on any atom is -0.347 e. The minimum absolute atomic E-state index is 0.200. The Morgan fingerprint density at radius 3 is 2.50 bits per heavy atom. The van der Waals surface area contributed by atoms with Gasteiger partial charge in [-0.3, -0.25) is 9.59 Å². The van der Waals surface area contributed by atoms with Crippen molar-refractivity contribution >= 4 is 11.8 Å². The summed E-state index contributed by atoms with van der Waals surface area (Å²) in [5, 5.41) is 11.3. The highest BCUT2D eigenvalue weighted by Crippen LogP contribution is 2.31. The molecule has 0 bridgehead atoms. The first-order valence-electron chi connectivity index (χ1n) is 9.57. The third kappa shape index (κ3) is 5.25. The number of benzene rings is 1. The Hall–Kier alpha value is -3.42. The topological polar surface area (TPSA) is 78.1 Å². The van der Waals surface area contributed by atoms with Crippen molar-refractivity contribution < 1.29 is 31.5 Å². The lowest BCUT2D eigenvalue weighted by atomic mass is 10.1. The van der Waals surface area contributed by atoms with Gasteiger partial charge in [0.1, 0.15) is 6.04 Å². The molecule has 1 atom stereocenters. The van der Waals surface area contributed by atoms with Crippen molar-refractivity contribution in [2.75, 3.05) is 13.1 Å². The van der Waals surface area contributed by atoms with Crippen LogP contribution in [-0.4, -0.2) is 46.3 Å². The molecule has 0 saturated carbocycles. The zero-order valence-corrected chi connectivity index (χ0v) is 16.9. The van der Waals surface area contributed by atoms with E-state index in [1.807, 2.05) is 0 Å². The predicted octanol–water partition coefficient (Wildman–Crippen LogP) is 3.35. The maximum atomic E-state index is 13.5. The first-order chi connectivity index (χ1) is 14.9. The maximum Gasteiger partial charge on any atom is 0.416 e. The van der Waals surface area contributed by atoms with Gasteiger partial charge in [-0.15, -0.1) is 0 Å². The van der Waals surface area contributed by atoms with Crippen molar-refractivity contribution in [1.82, 2.24) is 14.8 Å². The Kier molecular flexibility index (Phi) is 6.25. The number of halogens is 5. The highest BCUT2D eigenvalue weighted by molar-refractivity contribution is 5.96. The van der Waals surface area contributed by atoms with Crippen LogP contribution in [0.3, 0.4) is 0 Å². The third-order valence-corrected chi connectivity index (χ3v) is 5.15. The van der Waals surface area contributed by atoms with Crippen LogP contribution in [0.2, 0.25) is 0 Å². The highest BCUT2D eigenvalue weighted by atomic mass is 19.4. The van der Waals surface area contributed by atoms with Gasteiger partial charge in [-0.05, 0) is 30.7 Å². The van der Waals surface area contributed by atoms with Gasteiger partial charge in [-0.2, -0.15) is 18.4 Å². The number of aromatic nitrogens is 1. The standard InChI is InChI=1S/C21H19F5N4O2/c1-13-6-15(11-29(13)10-14-2-4-16(5-3-14)21(24,25)26)19(32)28-9-18(31)30-12-20(22,23)7-17(30)8-27/h2-6,11,17H,7,9-10,12H2,1H3,(H,28,32)/t17-/m0/s1. The van der Waals surface area contributed by atoms with E-state index in [0.717, 1.165) is 17.0 Å². The molecular formula is C21H19F5N4O2. The Bertz CT molecular complexity index is 1050. The van der Waals surface area contributed by atoms with Crippen molar-refractivity contribution in [2.45, 2.75) is 38.0 Å². The number of hydrogen-bond donors (Lipinski definition) is 1. The van der Waals surface area contributed by atoms with Gasteiger partial charge in [-0.25, -0.2) is 8.78 Å². The molecule has 1 fully saturated rings. The smallest absolute Gasteiger partial charge is 0.347 e. The Morgan fingerprint density at radius 2 is 1.91 bits per heavy atom. The number of carbonyl (C=O) groups excluding carboxylic acids is 2. The van der Waals surface area contributed by atoms with Crippen molar-refractivity contribution in [3.05, 3.63) is 58.9 Å². The van der Waals surface area contributed by atoms with Crippen LogP contribution in [-0.2, 0) is 17.5 Å². The van der Waals surface area contributed by atoms with Gasteiger partial charge in [0.15, 0.2) is 0 Å². The van der Waals surface area contributed by atoms with E-state index in [1.165, 1.54) is 24.4 Å². The molecule has 0 radical (unpaired) electrons. The second-order valence-corrected chi connectivity index (χ2v) is 7.60. The number of amides is 2. The average molecular weight is 454 g/mol. The molecule has 170 valence electrons. The summed E-state index contributed by atoms with van der Waals surface area (Å²) in [7, 11) is 0. The number of likely N-dealkylation sites (tertiary alicyclic amines) is 1. The summed E-state index contributed by atoms with van der Waals surface area (Å²) in [6, 6.07) is 6.59. The van der Waals surface area contributed by atoms with Crippen LogP contribution in [0.4, 0.5) is 22.0 Å². The van der Waals surface area contributed by atoms with Crippen molar-refractivity contribution in [2.24, 2.45) is 0 Å². The number of nitrogens with one attached hydrogen (secondary N) is 1. The Labute approximate surface area is 180 Å². The van der Waals surface area contributed by atoms with Gasteiger partial charge in [0.05, 0.1) is 30.3 Å². The molecule has 1 aliphatic rings. The van der Waals surface area contributed by atoms with Gasteiger partial charge < -0.3 is 14.8 Å². The van der Waals surface area contributed by atoms with Crippen LogP contribution in [0, 0.1) is 18.3 Å². The largest absolute Gasteiger partial charge is 0.416 e. The molecular weight excluding hydrogens is 435 g/mol. The summed E-state index contributed by atoms with van der Waals surface area (Å²) in [4.78, 5) is 25.3. The van der Waals surface area contributed by atoms with E-state index in [2.05, 4.69) is 5.32 Å². The van der Waals surface area contributed by atoms with E-state index in [0.29, 0.717) is 11.3 Å². The van der Waals surface area contributed by atoms with Crippen LogP contribution in [0.5, 0.6) is 0 Å². The fourth-order valence-corrected chi connectivity index (χ4v) is 3.46. The Morgan fingerprint density at radius 1 is 1.25 bits per heavy atom. The number of nitrogens with zero attached hydrogens (tertiary/aromatic N) is 3. The summed E-state index contributed by atoms with van der Waals surface area (Å²) < 4.78 is 66.6. The molecule has 6 nitrogen and oxygen atoms in total. The maximum absolute atomic E-state index is 13.5. The van der Waals surface area contributed by atoms with Crippen molar-refractivity contribution in [1.29, 1.82) is 5.26 Å². The SMILES string of the molecule is Cc1cc(C(=O)NCC(=O)N2CC(F)(F)C[C@H]2C#N)cn1Cc1ccc(C(F)(F)F)cc1. The number of nitriles is 1. The Balaban J connectivity index is 1.61. The van der Waals surface area contributed by atoms with E-state index < -0.39 is 55.0 Å². The molecule has 2 aromatic rings. The molecule has 11 heteroatoms. The van der Waals surface area contributed by atoms with Crippen LogP contribution in [0.25, 0.3) is 0 Å². The lowest BCUT2D eigenvalue weighted by Crippen LogP contribution is -2.42. The zero-order chi connectivity index (χ0) is 23.7. The quantitative estimate of drug-likeness (QED) is 0.704. The minimum atomic E-state index is -4.43. The normalized spacial score (nSPS) is 17.8. The number of rotatable bonds is 5. The molecule has 32 heavy (non-hydrogen) atoms. The van der Waals surface area contributed by atoms with Gasteiger partial charge in [0.25, 0.3) is 11.8 Å². The van der Waals surface area contributed by atoms with Crippen molar-refractivity contribution in [3.8, 4) is 6.07 Å². The number of carbonyl (C=O) groups is 2. The van der Waals surface area contributed by atoms with E-state index in [9.17, 15) is 31.5 Å². The summed E-state index contributed by atoms with van der Waals surface area (Å²) >= 11 is 0. The average Bonchev–Trinajstić information content (AvgIpc) is 3.24. The third-order valence-electron chi connectivity index (χ3n) is 5.15. The molecule has 1 N–H and O–H groups in total. The lowest BCUT2D eigenvalue weighted by Gasteiger charge is -2.19. The fraction of sp³-hybridized carbons (Fsp3) is 0.381. The number of hydrogen-bond acceptors (Lipinski definition) is 3. The van der Waals surface area contributed by atoms with E-state index in [-0.39, 0.29) is 12.1 Å². The van der Waals surface area contributed by atoms with Crippen molar-refractivity contribution in [3.63, 3.8) is 0 Å². The fourth-order valence-electron chi connectivity index (χ4n) is 3.46.